The van der Waals surface area contributed by atoms with Gasteiger partial charge in [-0.1, -0.05) is 6.58 Å². The summed E-state index contributed by atoms with van der Waals surface area (Å²) in [5, 5.41) is 4.21. The highest BCUT2D eigenvalue weighted by molar-refractivity contribution is 5.87. The molecule has 0 aromatic carbocycles. The summed E-state index contributed by atoms with van der Waals surface area (Å²) in [5.74, 6) is 0.0202. The van der Waals surface area contributed by atoms with Crippen LogP contribution in [-0.4, -0.2) is 33.7 Å². The Hall–Kier alpha value is -1.58. The smallest absolute Gasteiger partial charge is 0.246 e. The Balaban J connectivity index is 2.04. The molecule has 1 aromatic heterocycles. The molecule has 0 spiro atoms. The fraction of sp³-hybridized carbons (Fsp3) is 0.455. The molecule has 0 N–H and O–H groups in total. The number of aromatic nitrogens is 2. The highest BCUT2D eigenvalue weighted by Crippen LogP contribution is 2.20. The van der Waals surface area contributed by atoms with E-state index in [-0.39, 0.29) is 5.91 Å². The Morgan fingerprint density at radius 2 is 2.47 bits per heavy atom. The van der Waals surface area contributed by atoms with Gasteiger partial charge in [-0.2, -0.15) is 5.10 Å². The summed E-state index contributed by atoms with van der Waals surface area (Å²) in [5.41, 5.74) is 0. The number of hydrogen-bond acceptors (Lipinski definition) is 2. The Labute approximate surface area is 89.2 Å². The Morgan fingerprint density at radius 3 is 3.13 bits per heavy atom. The van der Waals surface area contributed by atoms with E-state index in [1.807, 2.05) is 21.8 Å². The monoisotopic (exact) mass is 205 g/mol. The van der Waals surface area contributed by atoms with Crippen LogP contribution in [0.2, 0.25) is 0 Å². The lowest BCUT2D eigenvalue weighted by Crippen LogP contribution is -2.39. The molecule has 15 heavy (non-hydrogen) atoms. The zero-order valence-corrected chi connectivity index (χ0v) is 8.67. The molecule has 0 radical (unpaired) electrons. The highest BCUT2D eigenvalue weighted by Gasteiger charge is 2.23. The molecule has 1 fully saturated rings. The Bertz CT molecular complexity index is 345. The molecular formula is C11H15N3O. The first-order valence-corrected chi connectivity index (χ1v) is 5.21. The molecule has 80 valence electrons. The first-order valence-electron chi connectivity index (χ1n) is 5.21. The summed E-state index contributed by atoms with van der Waals surface area (Å²) in [6, 6.07) is 2.23. The van der Waals surface area contributed by atoms with Gasteiger partial charge in [-0.05, 0) is 25.0 Å². The van der Waals surface area contributed by atoms with Crippen molar-refractivity contribution in [3.8, 4) is 0 Å². The number of rotatable bonds is 2. The lowest BCUT2D eigenvalue weighted by molar-refractivity contribution is -0.127. The predicted octanol–water partition coefficient (Wildman–Crippen LogP) is 1.23. The lowest BCUT2D eigenvalue weighted by atomic mass is 10.1. The van der Waals surface area contributed by atoms with Gasteiger partial charge in [0.05, 0.1) is 6.04 Å². The van der Waals surface area contributed by atoms with Crippen LogP contribution >= 0.6 is 0 Å². The normalized spacial score (nSPS) is 21.3. The third-order valence-electron chi connectivity index (χ3n) is 2.78. The number of nitrogens with zero attached hydrogens (tertiary/aromatic N) is 3. The average Bonchev–Trinajstić information content (AvgIpc) is 2.82. The van der Waals surface area contributed by atoms with Crippen LogP contribution in [-0.2, 0) is 4.79 Å². The van der Waals surface area contributed by atoms with Crippen molar-refractivity contribution >= 4 is 5.91 Å². The lowest BCUT2D eigenvalue weighted by Gasteiger charge is -2.32. The van der Waals surface area contributed by atoms with Crippen LogP contribution in [0.1, 0.15) is 18.9 Å². The minimum absolute atomic E-state index is 0.0202. The second-order valence-electron chi connectivity index (χ2n) is 3.77. The second-order valence-corrected chi connectivity index (χ2v) is 3.77. The van der Waals surface area contributed by atoms with Crippen molar-refractivity contribution in [2.75, 3.05) is 13.1 Å². The minimum Gasteiger partial charge on any atom is -0.337 e. The maximum Gasteiger partial charge on any atom is 0.246 e. The molecule has 1 atom stereocenters. The van der Waals surface area contributed by atoms with E-state index in [1.54, 1.807) is 6.20 Å². The van der Waals surface area contributed by atoms with Crippen LogP contribution < -0.4 is 0 Å². The highest BCUT2D eigenvalue weighted by atomic mass is 16.2. The molecular weight excluding hydrogens is 190 g/mol. The molecule has 4 heteroatoms. The van der Waals surface area contributed by atoms with Gasteiger partial charge >= 0.3 is 0 Å². The number of hydrogen-bond donors (Lipinski definition) is 0. The average molecular weight is 205 g/mol. The van der Waals surface area contributed by atoms with Crippen molar-refractivity contribution in [3.05, 3.63) is 31.1 Å². The SMILES string of the molecule is C=CC(=O)N1CCCC(n2cccn2)C1. The van der Waals surface area contributed by atoms with Gasteiger partial charge in [-0.25, -0.2) is 0 Å². The van der Waals surface area contributed by atoms with E-state index < -0.39 is 0 Å². The number of carbonyl (C=O) groups excluding carboxylic acids is 1. The zero-order valence-electron chi connectivity index (χ0n) is 8.67. The molecule has 1 saturated heterocycles. The molecule has 1 unspecified atom stereocenters. The van der Waals surface area contributed by atoms with E-state index in [2.05, 4.69) is 11.7 Å². The maximum absolute atomic E-state index is 11.5. The molecule has 1 aliphatic heterocycles. The maximum atomic E-state index is 11.5. The second kappa shape index (κ2) is 4.29. The van der Waals surface area contributed by atoms with Crippen LogP contribution in [0.3, 0.4) is 0 Å². The van der Waals surface area contributed by atoms with Gasteiger partial charge in [0.15, 0.2) is 0 Å². The summed E-state index contributed by atoms with van der Waals surface area (Å²) in [6.45, 7) is 5.09. The number of carbonyl (C=O) groups is 1. The van der Waals surface area contributed by atoms with Gasteiger partial charge in [0.25, 0.3) is 0 Å². The van der Waals surface area contributed by atoms with E-state index in [0.29, 0.717) is 6.04 Å². The topological polar surface area (TPSA) is 38.1 Å². The summed E-state index contributed by atoms with van der Waals surface area (Å²) >= 11 is 0. The molecule has 1 aliphatic rings. The summed E-state index contributed by atoms with van der Waals surface area (Å²) < 4.78 is 1.93. The van der Waals surface area contributed by atoms with Crippen molar-refractivity contribution < 1.29 is 4.79 Å². The van der Waals surface area contributed by atoms with Crippen LogP contribution in [0.4, 0.5) is 0 Å². The first kappa shape index (κ1) is 9.96. The largest absolute Gasteiger partial charge is 0.337 e. The molecule has 2 rings (SSSR count). The van der Waals surface area contributed by atoms with Gasteiger partial charge < -0.3 is 4.90 Å². The molecule has 4 nitrogen and oxygen atoms in total. The zero-order chi connectivity index (χ0) is 10.7. The van der Waals surface area contributed by atoms with Gasteiger partial charge in [-0.3, -0.25) is 9.48 Å². The fourth-order valence-corrected chi connectivity index (χ4v) is 2.00. The van der Waals surface area contributed by atoms with Gasteiger partial charge in [0.2, 0.25) is 5.91 Å². The standard InChI is InChI=1S/C11H15N3O/c1-2-11(15)13-7-3-5-10(9-13)14-8-4-6-12-14/h2,4,6,8,10H,1,3,5,7,9H2. The van der Waals surface area contributed by atoms with E-state index in [0.717, 1.165) is 25.9 Å². The van der Waals surface area contributed by atoms with Gasteiger partial charge in [-0.15, -0.1) is 0 Å². The van der Waals surface area contributed by atoms with Crippen molar-refractivity contribution in [3.63, 3.8) is 0 Å². The van der Waals surface area contributed by atoms with Gasteiger partial charge in [0, 0.05) is 25.5 Å². The van der Waals surface area contributed by atoms with Crippen molar-refractivity contribution in [1.29, 1.82) is 0 Å². The molecule has 0 saturated carbocycles. The third kappa shape index (κ3) is 2.09. The molecule has 0 aliphatic carbocycles. The minimum atomic E-state index is 0.0202. The van der Waals surface area contributed by atoms with Crippen LogP contribution in [0.5, 0.6) is 0 Å². The van der Waals surface area contributed by atoms with E-state index in [4.69, 9.17) is 0 Å². The number of amides is 1. The Kier molecular flexibility index (Phi) is 2.85. The van der Waals surface area contributed by atoms with Crippen molar-refractivity contribution in [2.24, 2.45) is 0 Å². The molecule has 2 heterocycles. The van der Waals surface area contributed by atoms with E-state index in [1.165, 1.54) is 6.08 Å². The number of likely N-dealkylation sites (tertiary alicyclic amines) is 1. The van der Waals surface area contributed by atoms with Crippen molar-refractivity contribution in [1.82, 2.24) is 14.7 Å². The van der Waals surface area contributed by atoms with Crippen molar-refractivity contribution in [2.45, 2.75) is 18.9 Å². The van der Waals surface area contributed by atoms with E-state index >= 15 is 0 Å². The molecule has 1 amide bonds. The summed E-state index contributed by atoms with van der Waals surface area (Å²) in [7, 11) is 0. The summed E-state index contributed by atoms with van der Waals surface area (Å²) in [4.78, 5) is 13.3. The molecule has 0 bridgehead atoms. The predicted molar refractivity (Wildman–Crippen MR) is 57.3 cm³/mol. The fourth-order valence-electron chi connectivity index (χ4n) is 2.00. The Morgan fingerprint density at radius 1 is 1.60 bits per heavy atom. The molecule has 1 aromatic rings. The quantitative estimate of drug-likeness (QED) is 0.681. The first-order chi connectivity index (χ1) is 7.31. The van der Waals surface area contributed by atoms with Crippen LogP contribution in [0.15, 0.2) is 31.1 Å². The van der Waals surface area contributed by atoms with E-state index in [9.17, 15) is 4.79 Å². The van der Waals surface area contributed by atoms with Crippen LogP contribution in [0.25, 0.3) is 0 Å². The van der Waals surface area contributed by atoms with Gasteiger partial charge in [0.1, 0.15) is 0 Å². The summed E-state index contributed by atoms with van der Waals surface area (Å²) in [6.07, 6.45) is 7.22. The third-order valence-corrected chi connectivity index (χ3v) is 2.78. The number of piperidine rings is 1. The van der Waals surface area contributed by atoms with Crippen LogP contribution in [0, 0.1) is 0 Å².